The van der Waals surface area contributed by atoms with E-state index in [0.717, 1.165) is 45.3 Å². The average molecular weight is 255 g/mol. The Bertz CT molecular complexity index is 299. The number of ether oxygens (including phenoxy) is 1. The number of thiazole rings is 1. The van der Waals surface area contributed by atoms with Crippen LogP contribution < -0.4 is 5.32 Å². The van der Waals surface area contributed by atoms with Gasteiger partial charge in [-0.1, -0.05) is 0 Å². The fourth-order valence-corrected chi connectivity index (χ4v) is 2.54. The van der Waals surface area contributed by atoms with E-state index >= 15 is 0 Å². The van der Waals surface area contributed by atoms with Gasteiger partial charge in [0.2, 0.25) is 0 Å². The summed E-state index contributed by atoms with van der Waals surface area (Å²) in [4.78, 5) is 6.59. The van der Waals surface area contributed by atoms with Gasteiger partial charge in [-0.25, -0.2) is 4.98 Å². The zero-order valence-electron chi connectivity index (χ0n) is 10.4. The summed E-state index contributed by atoms with van der Waals surface area (Å²) in [5.41, 5.74) is 3.06. The van der Waals surface area contributed by atoms with Crippen molar-refractivity contribution in [1.29, 1.82) is 0 Å². The van der Waals surface area contributed by atoms with Gasteiger partial charge in [-0.15, -0.1) is 11.3 Å². The fourth-order valence-electron chi connectivity index (χ4n) is 1.99. The van der Waals surface area contributed by atoms with Gasteiger partial charge in [-0.2, -0.15) is 0 Å². The number of rotatable bonds is 7. The Balaban J connectivity index is 1.52. The monoisotopic (exact) mass is 255 g/mol. The highest BCUT2D eigenvalue weighted by Gasteiger charge is 2.14. The molecule has 0 amide bonds. The molecule has 0 bridgehead atoms. The number of aromatic nitrogens is 1. The minimum Gasteiger partial charge on any atom is -0.381 e. The van der Waals surface area contributed by atoms with Crippen LogP contribution in [0.25, 0.3) is 0 Å². The highest BCUT2D eigenvalue weighted by Crippen LogP contribution is 2.10. The first kappa shape index (κ1) is 13.0. The van der Waals surface area contributed by atoms with Gasteiger partial charge in [0.05, 0.1) is 17.8 Å². The molecule has 1 N–H and O–H groups in total. The lowest BCUT2D eigenvalue weighted by atomic mass is 10.1. The lowest BCUT2D eigenvalue weighted by Gasteiger charge is -2.16. The summed E-state index contributed by atoms with van der Waals surface area (Å²) in [5.74, 6) is 0.721. The number of nitrogens with zero attached hydrogens (tertiary/aromatic N) is 2. The first-order valence-electron chi connectivity index (χ1n) is 6.18. The van der Waals surface area contributed by atoms with Crippen molar-refractivity contribution in [3.8, 4) is 0 Å². The molecule has 1 fully saturated rings. The van der Waals surface area contributed by atoms with E-state index in [4.69, 9.17) is 4.74 Å². The van der Waals surface area contributed by atoms with Gasteiger partial charge < -0.3 is 10.1 Å². The van der Waals surface area contributed by atoms with E-state index < -0.39 is 0 Å². The first-order chi connectivity index (χ1) is 8.34. The van der Waals surface area contributed by atoms with Gasteiger partial charge in [0, 0.05) is 38.2 Å². The van der Waals surface area contributed by atoms with Crippen LogP contribution in [0.2, 0.25) is 0 Å². The molecule has 0 aromatic carbocycles. The summed E-state index contributed by atoms with van der Waals surface area (Å²) >= 11 is 1.66. The predicted octanol–water partition coefficient (Wildman–Crippen LogP) is 1.20. The molecule has 17 heavy (non-hydrogen) atoms. The van der Waals surface area contributed by atoms with Crippen LogP contribution in [0.4, 0.5) is 0 Å². The lowest BCUT2D eigenvalue weighted by Crippen LogP contribution is -2.32. The van der Waals surface area contributed by atoms with Gasteiger partial charge in [0.25, 0.3) is 0 Å². The Labute approximate surface area is 107 Å². The van der Waals surface area contributed by atoms with Crippen molar-refractivity contribution in [3.63, 3.8) is 0 Å². The van der Waals surface area contributed by atoms with Crippen LogP contribution in [0.15, 0.2) is 10.9 Å². The summed E-state index contributed by atoms with van der Waals surface area (Å²) in [5, 5.41) is 5.61. The molecule has 96 valence electrons. The second-order valence-corrected chi connectivity index (χ2v) is 5.37. The highest BCUT2D eigenvalue weighted by molar-refractivity contribution is 7.07. The summed E-state index contributed by atoms with van der Waals surface area (Å²) in [6, 6.07) is 0. The second kappa shape index (κ2) is 7.06. The van der Waals surface area contributed by atoms with E-state index in [1.165, 1.54) is 12.1 Å². The van der Waals surface area contributed by atoms with Crippen molar-refractivity contribution >= 4 is 11.3 Å². The second-order valence-electron chi connectivity index (χ2n) is 4.65. The smallest absolute Gasteiger partial charge is 0.0795 e. The van der Waals surface area contributed by atoms with Crippen LogP contribution >= 0.6 is 11.3 Å². The van der Waals surface area contributed by atoms with Crippen molar-refractivity contribution in [2.24, 2.45) is 5.92 Å². The van der Waals surface area contributed by atoms with Gasteiger partial charge in [0.15, 0.2) is 0 Å². The molecule has 1 aliphatic heterocycles. The standard InChI is InChI=1S/C12H21N3OS/c1-15(7-12-9-17-10-14-12)4-3-13-6-11-2-5-16-8-11/h9-11,13H,2-8H2,1H3. The summed E-state index contributed by atoms with van der Waals surface area (Å²) in [6.45, 7) is 6.00. The molecule has 0 aliphatic carbocycles. The Morgan fingerprint density at radius 2 is 2.59 bits per heavy atom. The van der Waals surface area contributed by atoms with E-state index in [2.05, 4.69) is 27.6 Å². The van der Waals surface area contributed by atoms with Crippen molar-refractivity contribution < 1.29 is 4.74 Å². The maximum Gasteiger partial charge on any atom is 0.0795 e. The van der Waals surface area contributed by atoms with Gasteiger partial charge >= 0.3 is 0 Å². The number of likely N-dealkylation sites (N-methyl/N-ethyl adjacent to an activating group) is 1. The molecule has 1 unspecified atom stereocenters. The van der Waals surface area contributed by atoms with Gasteiger partial charge in [-0.05, 0) is 19.4 Å². The minimum atomic E-state index is 0.721. The van der Waals surface area contributed by atoms with Crippen LogP contribution in [0.3, 0.4) is 0 Å². The molecule has 4 nitrogen and oxygen atoms in total. The summed E-state index contributed by atoms with van der Waals surface area (Å²) in [6.07, 6.45) is 1.21. The quantitative estimate of drug-likeness (QED) is 0.743. The van der Waals surface area contributed by atoms with Crippen LogP contribution in [-0.2, 0) is 11.3 Å². The molecule has 1 saturated heterocycles. The number of nitrogens with one attached hydrogen (secondary N) is 1. The highest BCUT2D eigenvalue weighted by atomic mass is 32.1. The molecule has 0 radical (unpaired) electrons. The van der Waals surface area contributed by atoms with Crippen LogP contribution in [0.5, 0.6) is 0 Å². The summed E-state index contributed by atoms with van der Waals surface area (Å²) in [7, 11) is 2.14. The first-order valence-corrected chi connectivity index (χ1v) is 7.13. The van der Waals surface area contributed by atoms with E-state index in [9.17, 15) is 0 Å². The largest absolute Gasteiger partial charge is 0.381 e. The Kier molecular flexibility index (Phi) is 5.38. The van der Waals surface area contributed by atoms with E-state index in [0.29, 0.717) is 0 Å². The van der Waals surface area contributed by atoms with Crippen LogP contribution in [0, 0.1) is 5.92 Å². The maximum atomic E-state index is 5.35. The predicted molar refractivity (Wildman–Crippen MR) is 70.2 cm³/mol. The van der Waals surface area contributed by atoms with Crippen LogP contribution in [0.1, 0.15) is 12.1 Å². The topological polar surface area (TPSA) is 37.4 Å². The van der Waals surface area contributed by atoms with E-state index in [-0.39, 0.29) is 0 Å². The van der Waals surface area contributed by atoms with Gasteiger partial charge in [0.1, 0.15) is 0 Å². The lowest BCUT2D eigenvalue weighted by molar-refractivity contribution is 0.185. The molecule has 2 heterocycles. The molecule has 0 saturated carbocycles. The Morgan fingerprint density at radius 1 is 1.65 bits per heavy atom. The Morgan fingerprint density at radius 3 is 3.29 bits per heavy atom. The zero-order valence-corrected chi connectivity index (χ0v) is 11.2. The van der Waals surface area contributed by atoms with Crippen molar-refractivity contribution in [2.45, 2.75) is 13.0 Å². The normalized spacial score (nSPS) is 20.2. The van der Waals surface area contributed by atoms with E-state index in [1.54, 1.807) is 11.3 Å². The molecule has 0 spiro atoms. The zero-order chi connectivity index (χ0) is 11.9. The molecule has 2 rings (SSSR count). The van der Waals surface area contributed by atoms with Gasteiger partial charge in [-0.3, -0.25) is 4.90 Å². The molecule has 1 atom stereocenters. The van der Waals surface area contributed by atoms with Crippen molar-refractivity contribution in [1.82, 2.24) is 15.2 Å². The summed E-state index contributed by atoms with van der Waals surface area (Å²) < 4.78 is 5.35. The maximum absolute atomic E-state index is 5.35. The van der Waals surface area contributed by atoms with Crippen molar-refractivity contribution in [2.75, 3.05) is 39.9 Å². The third-order valence-corrected chi connectivity index (χ3v) is 3.68. The third kappa shape index (κ3) is 4.71. The fraction of sp³-hybridized carbons (Fsp3) is 0.750. The Hall–Kier alpha value is -0.490. The van der Waals surface area contributed by atoms with Crippen molar-refractivity contribution in [3.05, 3.63) is 16.6 Å². The molecule has 1 aromatic rings. The number of hydrogen-bond acceptors (Lipinski definition) is 5. The average Bonchev–Trinajstić information content (AvgIpc) is 2.96. The minimum absolute atomic E-state index is 0.721. The SMILES string of the molecule is CN(CCNCC1CCOC1)Cc1cscn1. The van der Waals surface area contributed by atoms with Crippen LogP contribution in [-0.4, -0.2) is 49.8 Å². The number of hydrogen-bond donors (Lipinski definition) is 1. The molecule has 1 aromatic heterocycles. The molecule has 5 heteroatoms. The molecule has 1 aliphatic rings. The molecular weight excluding hydrogens is 234 g/mol. The molecular formula is C12H21N3OS. The third-order valence-electron chi connectivity index (χ3n) is 3.04. The van der Waals surface area contributed by atoms with E-state index in [1.807, 2.05) is 5.51 Å².